The van der Waals surface area contributed by atoms with Crippen molar-refractivity contribution in [2.45, 2.75) is 18.9 Å². The molecule has 0 spiro atoms. The fraction of sp³-hybridized carbons (Fsp3) is 0.438. The van der Waals surface area contributed by atoms with Crippen LogP contribution in [0.15, 0.2) is 30.7 Å². The molecule has 6 heteroatoms. The lowest BCUT2D eigenvalue weighted by Crippen LogP contribution is -2.41. The van der Waals surface area contributed by atoms with E-state index in [1.165, 1.54) is 5.69 Å². The van der Waals surface area contributed by atoms with E-state index in [9.17, 15) is 4.79 Å². The number of amides is 1. The van der Waals surface area contributed by atoms with Gasteiger partial charge in [-0.05, 0) is 12.1 Å². The minimum absolute atomic E-state index is 0.0797. The van der Waals surface area contributed by atoms with Gasteiger partial charge in [-0.15, -0.1) is 0 Å². The molecule has 0 unspecified atom stereocenters. The highest BCUT2D eigenvalue weighted by Crippen LogP contribution is 2.27. The van der Waals surface area contributed by atoms with Crippen LogP contribution in [0.5, 0.6) is 0 Å². The fourth-order valence-electron chi connectivity index (χ4n) is 3.02. The van der Waals surface area contributed by atoms with Crippen molar-refractivity contribution in [3.05, 3.63) is 47.8 Å². The zero-order valence-electron chi connectivity index (χ0n) is 12.9. The van der Waals surface area contributed by atoms with E-state index in [1.54, 1.807) is 19.6 Å². The summed E-state index contributed by atoms with van der Waals surface area (Å²) in [5.74, 6) is 0.241. The van der Waals surface area contributed by atoms with Crippen LogP contribution in [0.2, 0.25) is 0 Å². The van der Waals surface area contributed by atoms with Crippen molar-refractivity contribution >= 4 is 5.91 Å². The van der Waals surface area contributed by atoms with Crippen molar-refractivity contribution in [1.82, 2.24) is 19.4 Å². The van der Waals surface area contributed by atoms with E-state index < -0.39 is 0 Å². The van der Waals surface area contributed by atoms with Crippen LogP contribution in [0.25, 0.3) is 0 Å². The number of ether oxygens (including phenoxy) is 1. The number of nitrogens with zero attached hydrogens (tertiary/aromatic N) is 4. The number of methoxy groups -OCH3 is 1. The lowest BCUT2D eigenvalue weighted by Gasteiger charge is -2.32. The maximum absolute atomic E-state index is 12.5. The minimum Gasteiger partial charge on any atom is -0.384 e. The summed E-state index contributed by atoms with van der Waals surface area (Å²) in [7, 11) is 3.67. The standard InChI is InChI=1S/C16H20N4O2/c1-19-11-18-14-9-20(8-12(10-22-2)16(14)19)15(21)7-13-5-3-4-6-17-13/h3-6,11-12H,7-10H2,1-2H3/t12-/m1/s1. The molecule has 1 atom stereocenters. The third kappa shape index (κ3) is 2.87. The molecular weight excluding hydrogens is 280 g/mol. The van der Waals surface area contributed by atoms with Crippen molar-refractivity contribution in [2.75, 3.05) is 20.3 Å². The first-order valence-electron chi connectivity index (χ1n) is 7.35. The number of fused-ring (bicyclic) bond motifs is 1. The Morgan fingerprint density at radius 2 is 2.27 bits per heavy atom. The highest BCUT2D eigenvalue weighted by atomic mass is 16.5. The number of hydrogen-bond donors (Lipinski definition) is 0. The van der Waals surface area contributed by atoms with Gasteiger partial charge in [0.15, 0.2) is 0 Å². The summed E-state index contributed by atoms with van der Waals surface area (Å²) >= 11 is 0. The van der Waals surface area contributed by atoms with Gasteiger partial charge in [0, 0.05) is 44.2 Å². The van der Waals surface area contributed by atoms with E-state index in [-0.39, 0.29) is 11.8 Å². The molecule has 3 heterocycles. The predicted octanol–water partition coefficient (Wildman–Crippen LogP) is 1.13. The zero-order valence-corrected chi connectivity index (χ0v) is 12.9. The Balaban J connectivity index is 1.77. The SMILES string of the molecule is COC[C@H]1CN(C(=O)Cc2ccccn2)Cc2ncn(C)c21. The fourth-order valence-corrected chi connectivity index (χ4v) is 3.02. The van der Waals surface area contributed by atoms with Gasteiger partial charge in [-0.25, -0.2) is 4.98 Å². The Morgan fingerprint density at radius 3 is 3.00 bits per heavy atom. The van der Waals surface area contributed by atoms with Crippen molar-refractivity contribution < 1.29 is 9.53 Å². The Kier molecular flexibility index (Phi) is 4.20. The molecule has 6 nitrogen and oxygen atoms in total. The third-order valence-corrected chi connectivity index (χ3v) is 4.01. The Bertz CT molecular complexity index is 653. The first kappa shape index (κ1) is 14.7. The van der Waals surface area contributed by atoms with Gasteiger partial charge in [-0.1, -0.05) is 6.07 Å². The smallest absolute Gasteiger partial charge is 0.228 e. The van der Waals surface area contributed by atoms with Crippen LogP contribution in [0.4, 0.5) is 0 Å². The zero-order chi connectivity index (χ0) is 15.5. The van der Waals surface area contributed by atoms with E-state index in [0.717, 1.165) is 11.4 Å². The average molecular weight is 300 g/mol. The van der Waals surface area contributed by atoms with Crippen LogP contribution in [0, 0.1) is 0 Å². The second-order valence-electron chi connectivity index (χ2n) is 5.61. The van der Waals surface area contributed by atoms with E-state index >= 15 is 0 Å². The summed E-state index contributed by atoms with van der Waals surface area (Å²) in [6.07, 6.45) is 3.84. The van der Waals surface area contributed by atoms with Crippen molar-refractivity contribution in [3.63, 3.8) is 0 Å². The van der Waals surface area contributed by atoms with Crippen LogP contribution in [-0.4, -0.2) is 45.6 Å². The molecule has 0 aliphatic carbocycles. The summed E-state index contributed by atoms with van der Waals surface area (Å²) in [6.45, 7) is 1.80. The number of aromatic nitrogens is 3. The normalized spacial score (nSPS) is 17.4. The largest absolute Gasteiger partial charge is 0.384 e. The molecule has 0 saturated heterocycles. The molecule has 0 fully saturated rings. The number of rotatable bonds is 4. The van der Waals surface area contributed by atoms with E-state index in [2.05, 4.69) is 9.97 Å². The Labute approximate surface area is 129 Å². The van der Waals surface area contributed by atoms with Crippen molar-refractivity contribution in [1.29, 1.82) is 0 Å². The van der Waals surface area contributed by atoms with E-state index in [1.807, 2.05) is 34.7 Å². The summed E-state index contributed by atoms with van der Waals surface area (Å²) in [6, 6.07) is 5.63. The molecule has 0 bridgehead atoms. The van der Waals surface area contributed by atoms with Crippen LogP contribution < -0.4 is 0 Å². The molecule has 1 aliphatic heterocycles. The van der Waals surface area contributed by atoms with Crippen LogP contribution in [0.1, 0.15) is 23.0 Å². The summed E-state index contributed by atoms with van der Waals surface area (Å²) in [5, 5.41) is 0. The second kappa shape index (κ2) is 6.27. The molecule has 0 N–H and O–H groups in total. The minimum atomic E-state index is 0.0797. The van der Waals surface area contributed by atoms with Gasteiger partial charge in [0.1, 0.15) is 0 Å². The highest BCUT2D eigenvalue weighted by molar-refractivity contribution is 5.78. The second-order valence-corrected chi connectivity index (χ2v) is 5.61. The monoisotopic (exact) mass is 300 g/mol. The summed E-state index contributed by atoms with van der Waals surface area (Å²) in [5.41, 5.74) is 2.93. The van der Waals surface area contributed by atoms with Gasteiger partial charge < -0.3 is 14.2 Å². The molecular formula is C16H20N4O2. The maximum atomic E-state index is 12.5. The Hall–Kier alpha value is -2.21. The van der Waals surface area contributed by atoms with Crippen LogP contribution in [0.3, 0.4) is 0 Å². The van der Waals surface area contributed by atoms with Gasteiger partial charge >= 0.3 is 0 Å². The van der Waals surface area contributed by atoms with Gasteiger partial charge in [0.2, 0.25) is 5.91 Å². The van der Waals surface area contributed by atoms with Crippen LogP contribution in [-0.2, 0) is 29.5 Å². The average Bonchev–Trinajstić information content (AvgIpc) is 2.90. The first-order chi connectivity index (χ1) is 10.7. The van der Waals surface area contributed by atoms with E-state index in [0.29, 0.717) is 26.1 Å². The molecule has 22 heavy (non-hydrogen) atoms. The van der Waals surface area contributed by atoms with E-state index in [4.69, 9.17) is 4.74 Å². The quantitative estimate of drug-likeness (QED) is 0.849. The summed E-state index contributed by atoms with van der Waals surface area (Å²) < 4.78 is 7.34. The number of carbonyl (C=O) groups excluding carboxylic acids is 1. The lowest BCUT2D eigenvalue weighted by molar-refractivity contribution is -0.132. The lowest BCUT2D eigenvalue weighted by atomic mass is 9.98. The first-order valence-corrected chi connectivity index (χ1v) is 7.35. The molecule has 1 aliphatic rings. The number of hydrogen-bond acceptors (Lipinski definition) is 4. The molecule has 2 aromatic rings. The van der Waals surface area contributed by atoms with Gasteiger partial charge in [0.05, 0.1) is 31.6 Å². The number of imidazole rings is 1. The molecule has 0 saturated carbocycles. The number of carbonyl (C=O) groups is 1. The van der Waals surface area contributed by atoms with Crippen LogP contribution >= 0.6 is 0 Å². The Morgan fingerprint density at radius 1 is 1.41 bits per heavy atom. The molecule has 0 aromatic carbocycles. The molecule has 116 valence electrons. The van der Waals surface area contributed by atoms with Crippen molar-refractivity contribution in [3.8, 4) is 0 Å². The maximum Gasteiger partial charge on any atom is 0.228 e. The molecule has 2 aromatic heterocycles. The highest BCUT2D eigenvalue weighted by Gasteiger charge is 2.31. The number of aryl methyl sites for hydroxylation is 1. The molecule has 1 amide bonds. The summed E-state index contributed by atoms with van der Waals surface area (Å²) in [4.78, 5) is 23.1. The van der Waals surface area contributed by atoms with Gasteiger partial charge in [-0.3, -0.25) is 9.78 Å². The topological polar surface area (TPSA) is 60.2 Å². The third-order valence-electron chi connectivity index (χ3n) is 4.01. The predicted molar refractivity (Wildman–Crippen MR) is 81.2 cm³/mol. The molecule has 0 radical (unpaired) electrons. The van der Waals surface area contributed by atoms with Crippen molar-refractivity contribution in [2.24, 2.45) is 7.05 Å². The van der Waals surface area contributed by atoms with Gasteiger partial charge in [0.25, 0.3) is 0 Å². The molecule has 3 rings (SSSR count). The number of pyridine rings is 1. The van der Waals surface area contributed by atoms with Gasteiger partial charge in [-0.2, -0.15) is 0 Å².